The molecule has 0 aliphatic carbocycles. The first kappa shape index (κ1) is 72.2. The molecular formula is C65H85IN8O17. The maximum absolute atomic E-state index is 14.4. The maximum atomic E-state index is 14.4. The molecule has 4 atom stereocenters. The molecule has 6 rings (SSSR count). The lowest BCUT2D eigenvalue weighted by atomic mass is 10.0. The van der Waals surface area contributed by atoms with Gasteiger partial charge in [0.25, 0.3) is 11.8 Å². The Labute approximate surface area is 545 Å². The minimum Gasteiger partial charge on any atom is -0.493 e. The van der Waals surface area contributed by atoms with E-state index >= 15 is 0 Å². The maximum Gasteiger partial charge on any atom is 0.416 e. The lowest BCUT2D eigenvalue weighted by molar-refractivity contribution is -0.132. The number of hydrogen-bond acceptors (Lipinski definition) is 18. The summed E-state index contributed by atoms with van der Waals surface area (Å²) in [6.07, 6.45) is 11.8. The van der Waals surface area contributed by atoms with Gasteiger partial charge >= 0.3 is 6.09 Å². The number of nitrogens with one attached hydrogen (secondary N) is 4. The lowest BCUT2D eigenvalue weighted by Crippen LogP contribution is -2.53. The fraction of sp³-hybridized carbons (Fsp3) is 0.477. The van der Waals surface area contributed by atoms with E-state index in [0.717, 1.165) is 16.0 Å². The zero-order valence-electron chi connectivity index (χ0n) is 52.9. The second kappa shape index (κ2) is 37.4. The number of alkyl halides is 1. The van der Waals surface area contributed by atoms with Crippen LogP contribution in [0.3, 0.4) is 0 Å². The van der Waals surface area contributed by atoms with E-state index in [1.807, 2.05) is 73.9 Å². The summed E-state index contributed by atoms with van der Waals surface area (Å²) in [5.74, 6) is -1.47. The Balaban J connectivity index is 0.999. The van der Waals surface area contributed by atoms with Crippen LogP contribution in [0.25, 0.3) is 0 Å². The van der Waals surface area contributed by atoms with E-state index in [4.69, 9.17) is 42.6 Å². The summed E-state index contributed by atoms with van der Waals surface area (Å²) in [5, 5.41) is 22.7. The number of anilines is 2. The Hall–Kier alpha value is -7.89. The SMILES string of the molecule is C/C=C/C1=CN2C(=O)c3cc(OC)c(OCCCOc4cc5c(cc4OC)C(=O)N(/C=C(/C=C/C)CC)C[C@H](O)N5C(=O)OCc4ccc(NC(=O)[C@H](C)NC(=O)[C@@H](NC(=O)CCOCCOCCOCCOCCNC(=O)CI)C(C)C)cc4)cc3N=C[C@@H]2C1. The van der Waals surface area contributed by atoms with Gasteiger partial charge in [-0.1, -0.05) is 79.8 Å². The molecule has 0 aromatic heterocycles. The number of halogens is 1. The van der Waals surface area contributed by atoms with Gasteiger partial charge in [0.05, 0.1) is 120 Å². The zero-order valence-corrected chi connectivity index (χ0v) is 55.1. The number of nitrogens with zero attached hydrogens (tertiary/aromatic N) is 4. The van der Waals surface area contributed by atoms with Crippen molar-refractivity contribution < 1.29 is 81.3 Å². The van der Waals surface area contributed by atoms with E-state index < -0.39 is 48.0 Å². The first-order chi connectivity index (χ1) is 43.9. The predicted molar refractivity (Wildman–Crippen MR) is 349 cm³/mol. The number of rotatable bonds is 36. The minimum atomic E-state index is -1.59. The minimum absolute atomic E-state index is 0.00347. The molecule has 3 aliphatic rings. The normalized spacial score (nSPS) is 16.1. The highest BCUT2D eigenvalue weighted by atomic mass is 127. The second-order valence-electron chi connectivity index (χ2n) is 21.4. The van der Waals surface area contributed by atoms with Gasteiger partial charge in [-0.15, -0.1) is 0 Å². The smallest absolute Gasteiger partial charge is 0.416 e. The quantitative estimate of drug-likeness (QED) is 0.0165. The fourth-order valence-corrected chi connectivity index (χ4v) is 9.80. The molecule has 3 aromatic carbocycles. The van der Waals surface area contributed by atoms with Crippen LogP contribution in [0.5, 0.6) is 23.0 Å². The number of methoxy groups -OCH3 is 2. The molecule has 0 bridgehead atoms. The lowest BCUT2D eigenvalue weighted by Gasteiger charge is -2.27. The number of β-amino-alcohol motifs (C(OH)–C–C–N with tert-alkyl or cyclic N) is 1. The topological polar surface area (TPSA) is 293 Å². The number of aliphatic hydroxyl groups is 1. The van der Waals surface area contributed by atoms with Crippen LogP contribution in [0, 0.1) is 5.92 Å². The monoisotopic (exact) mass is 1380 g/mol. The van der Waals surface area contributed by atoms with E-state index in [0.29, 0.717) is 104 Å². The number of ether oxygens (including phenoxy) is 9. The van der Waals surface area contributed by atoms with Gasteiger partial charge in [0, 0.05) is 55.8 Å². The fourth-order valence-electron chi connectivity index (χ4n) is 9.54. The van der Waals surface area contributed by atoms with Gasteiger partial charge < -0.3 is 78.8 Å². The standard InChI is InChI=1S/C65H85IN8O17/c1-9-13-44(11-3)38-72-40-59(77)74(52-35-56(54(84-8)33-50(52)63(72)80)90-22-12-21-89-55-34-51-49(32-53(55)83-7)64(81)73-39-46(14-10-2)31-48(73)37-68-51)65(82)91-41-45-15-17-47(18-16-45)70-61(78)43(6)69-62(79)60(42(4)5)71-57(75)19-23-85-25-27-87-29-30-88-28-26-86-24-20-67-58(76)36-66/h9-10,13-18,32-35,37-39,42-43,48,59-60,77H,11-12,19-31,36,40-41H2,1-8H3,(H,67,76)(H,69,79)(H,70,78)(H,71,75)/b13-9+,14-10+,44-38+/t43-,48-,59-,60-/m0/s1. The largest absolute Gasteiger partial charge is 0.493 e. The highest BCUT2D eigenvalue weighted by Crippen LogP contribution is 2.41. The second-order valence-corrected chi connectivity index (χ2v) is 22.1. The average molecular weight is 1380 g/mol. The number of fused-ring (bicyclic) bond motifs is 3. The van der Waals surface area contributed by atoms with E-state index in [1.54, 1.807) is 67.6 Å². The molecule has 5 N–H and O–H groups in total. The molecule has 0 saturated heterocycles. The number of benzene rings is 3. The van der Waals surface area contributed by atoms with E-state index in [2.05, 4.69) is 26.3 Å². The number of amides is 7. The highest BCUT2D eigenvalue weighted by Gasteiger charge is 2.38. The van der Waals surface area contributed by atoms with Gasteiger partial charge in [-0.2, -0.15) is 0 Å². The van der Waals surface area contributed by atoms with Crippen molar-refractivity contribution in [2.45, 2.75) is 98.2 Å². The molecule has 494 valence electrons. The average Bonchev–Trinajstić information content (AvgIpc) is 1.78. The number of hydrogen-bond donors (Lipinski definition) is 5. The van der Waals surface area contributed by atoms with Gasteiger partial charge in [0.1, 0.15) is 18.7 Å². The van der Waals surface area contributed by atoms with Crippen molar-refractivity contribution in [2.75, 3.05) is 108 Å². The van der Waals surface area contributed by atoms with Crippen molar-refractivity contribution in [3.63, 3.8) is 0 Å². The van der Waals surface area contributed by atoms with Crippen LogP contribution >= 0.6 is 22.6 Å². The molecule has 0 spiro atoms. The third-order valence-electron chi connectivity index (χ3n) is 14.3. The summed E-state index contributed by atoms with van der Waals surface area (Å²) in [6, 6.07) is 10.5. The summed E-state index contributed by atoms with van der Waals surface area (Å²) in [7, 11) is 2.91. The van der Waals surface area contributed by atoms with Crippen LogP contribution in [0.4, 0.5) is 21.9 Å². The van der Waals surface area contributed by atoms with Gasteiger partial charge in [0.15, 0.2) is 29.2 Å². The Morgan fingerprint density at radius 3 is 2.01 bits per heavy atom. The first-order valence-corrected chi connectivity index (χ1v) is 31.8. The van der Waals surface area contributed by atoms with Gasteiger partial charge in [-0.05, 0) is 80.5 Å². The van der Waals surface area contributed by atoms with Crippen LogP contribution in [0.15, 0.2) is 101 Å². The molecule has 25 nitrogen and oxygen atoms in total. The molecule has 0 saturated carbocycles. The van der Waals surface area contributed by atoms with E-state index in [1.165, 1.54) is 38.2 Å². The van der Waals surface area contributed by atoms with Crippen LogP contribution in [0.1, 0.15) is 93.5 Å². The van der Waals surface area contributed by atoms with Crippen molar-refractivity contribution in [1.29, 1.82) is 0 Å². The molecule has 26 heteroatoms. The van der Waals surface area contributed by atoms with Crippen LogP contribution in [-0.2, 0) is 49.5 Å². The van der Waals surface area contributed by atoms with Gasteiger partial charge in [0.2, 0.25) is 23.6 Å². The van der Waals surface area contributed by atoms with E-state index in [9.17, 15) is 38.7 Å². The van der Waals surface area contributed by atoms with E-state index in [-0.39, 0.29) is 92.5 Å². The molecule has 7 amide bonds. The van der Waals surface area contributed by atoms with Crippen molar-refractivity contribution in [3.8, 4) is 23.0 Å². The zero-order chi connectivity index (χ0) is 65.8. The number of carbonyl (C=O) groups excluding carboxylic acids is 7. The summed E-state index contributed by atoms with van der Waals surface area (Å²) in [4.78, 5) is 102. The first-order valence-electron chi connectivity index (χ1n) is 30.2. The summed E-state index contributed by atoms with van der Waals surface area (Å²) < 4.78 is 51.8. The third-order valence-corrected chi connectivity index (χ3v) is 15.0. The van der Waals surface area contributed by atoms with Crippen LogP contribution < -0.4 is 45.1 Å². The Morgan fingerprint density at radius 2 is 1.40 bits per heavy atom. The number of aliphatic hydroxyl groups excluding tert-OH is 1. The summed E-state index contributed by atoms with van der Waals surface area (Å²) in [6.45, 7) is 13.4. The molecule has 0 unspecified atom stereocenters. The highest BCUT2D eigenvalue weighted by molar-refractivity contribution is 14.1. The molecule has 0 radical (unpaired) electrons. The molecule has 3 heterocycles. The Kier molecular flexibility index (Phi) is 29.7. The Bertz CT molecular complexity index is 3130. The number of carbonyl (C=O) groups is 7. The summed E-state index contributed by atoms with van der Waals surface area (Å²) in [5.41, 5.74) is 3.57. The summed E-state index contributed by atoms with van der Waals surface area (Å²) >= 11 is 1.99. The predicted octanol–water partition coefficient (Wildman–Crippen LogP) is 7.32. The van der Waals surface area contributed by atoms with Crippen molar-refractivity contribution >= 4 is 87.4 Å². The van der Waals surface area contributed by atoms with Crippen molar-refractivity contribution in [2.24, 2.45) is 10.9 Å². The number of aliphatic imine (C=N–C) groups is 1. The van der Waals surface area contributed by atoms with Gasteiger partial charge in [-0.3, -0.25) is 33.8 Å². The van der Waals surface area contributed by atoms with Crippen molar-refractivity contribution in [1.82, 2.24) is 25.8 Å². The molecule has 3 aliphatic heterocycles. The van der Waals surface area contributed by atoms with Gasteiger partial charge in [-0.25, -0.2) is 9.69 Å². The Morgan fingerprint density at radius 1 is 0.758 bits per heavy atom. The van der Waals surface area contributed by atoms with Crippen molar-refractivity contribution in [3.05, 3.63) is 113 Å². The van der Waals surface area contributed by atoms with Crippen LogP contribution in [-0.4, -0.2) is 185 Å². The molecule has 3 aromatic rings. The third kappa shape index (κ3) is 21.6. The van der Waals surface area contributed by atoms with Crippen LogP contribution in [0.2, 0.25) is 0 Å². The molecule has 0 fully saturated rings. The molecule has 91 heavy (non-hydrogen) atoms. The number of allylic oxidation sites excluding steroid dienone is 5. The molecular weight excluding hydrogens is 1290 g/mol.